The molecule has 0 spiro atoms. The van der Waals surface area contributed by atoms with Crippen LogP contribution in [0.1, 0.15) is 20.3 Å². The second kappa shape index (κ2) is 3.43. The van der Waals surface area contributed by atoms with Gasteiger partial charge in [0.2, 0.25) is 5.91 Å². The van der Waals surface area contributed by atoms with Crippen molar-refractivity contribution in [1.29, 1.82) is 0 Å². The molecule has 12 heavy (non-hydrogen) atoms. The van der Waals surface area contributed by atoms with Gasteiger partial charge < -0.3 is 5.32 Å². The number of halogens is 2. The molecule has 1 N–H and O–H groups in total. The van der Waals surface area contributed by atoms with Gasteiger partial charge in [-0.05, 0) is 11.8 Å². The van der Waals surface area contributed by atoms with Crippen molar-refractivity contribution in [3.05, 3.63) is 0 Å². The lowest BCUT2D eigenvalue weighted by Gasteiger charge is -2.06. The molecule has 2 nitrogen and oxygen atoms in total. The normalized spacial score (nSPS) is 25.6. The molecule has 1 amide bonds. The molecule has 1 atom stereocenters. The number of nitrogens with one attached hydrogen (secondary N) is 1. The van der Waals surface area contributed by atoms with E-state index in [9.17, 15) is 4.79 Å². The van der Waals surface area contributed by atoms with E-state index < -0.39 is 4.84 Å². The summed E-state index contributed by atoms with van der Waals surface area (Å²) < 4.78 is 0. The Morgan fingerprint density at radius 1 is 1.67 bits per heavy atom. The summed E-state index contributed by atoms with van der Waals surface area (Å²) in [5.41, 5.74) is 0.179. The Balaban J connectivity index is 2.23. The van der Waals surface area contributed by atoms with Gasteiger partial charge in [0.15, 0.2) is 0 Å². The van der Waals surface area contributed by atoms with E-state index in [2.05, 4.69) is 19.2 Å². The molecule has 1 aliphatic rings. The van der Waals surface area contributed by atoms with Crippen LogP contribution in [0.3, 0.4) is 0 Å². The van der Waals surface area contributed by atoms with Crippen LogP contribution in [0.2, 0.25) is 0 Å². The first-order chi connectivity index (χ1) is 5.43. The van der Waals surface area contributed by atoms with Crippen LogP contribution in [0.5, 0.6) is 0 Å². The number of alkyl halides is 2. The van der Waals surface area contributed by atoms with Gasteiger partial charge in [-0.15, -0.1) is 23.2 Å². The molecule has 4 heteroatoms. The molecule has 1 fully saturated rings. The highest BCUT2D eigenvalue weighted by atomic mass is 35.5. The SMILES string of the molecule is CC1(C)CC1C(=O)NCC(Cl)Cl. The number of carbonyl (C=O) groups is 1. The molecule has 1 aliphatic carbocycles. The first-order valence-electron chi connectivity index (χ1n) is 3.99. The topological polar surface area (TPSA) is 29.1 Å². The minimum atomic E-state index is -0.504. The molecule has 0 aliphatic heterocycles. The first kappa shape index (κ1) is 10.1. The van der Waals surface area contributed by atoms with Gasteiger partial charge in [-0.2, -0.15) is 0 Å². The minimum absolute atomic E-state index is 0.0753. The molecule has 1 rings (SSSR count). The average molecular weight is 210 g/mol. The zero-order chi connectivity index (χ0) is 9.35. The van der Waals surface area contributed by atoms with E-state index in [1.54, 1.807) is 0 Å². The van der Waals surface area contributed by atoms with Gasteiger partial charge >= 0.3 is 0 Å². The number of amides is 1. The van der Waals surface area contributed by atoms with Crippen molar-refractivity contribution in [3.8, 4) is 0 Å². The Morgan fingerprint density at radius 3 is 2.50 bits per heavy atom. The van der Waals surface area contributed by atoms with Crippen LogP contribution in [-0.4, -0.2) is 17.3 Å². The molecule has 70 valence electrons. The van der Waals surface area contributed by atoms with Crippen LogP contribution < -0.4 is 5.32 Å². The second-order valence-electron chi connectivity index (χ2n) is 3.88. The predicted molar refractivity (Wildman–Crippen MR) is 50.4 cm³/mol. The maximum absolute atomic E-state index is 11.3. The quantitative estimate of drug-likeness (QED) is 0.708. The van der Waals surface area contributed by atoms with Gasteiger partial charge in [0.1, 0.15) is 4.84 Å². The van der Waals surface area contributed by atoms with Gasteiger partial charge in [0.05, 0.1) is 0 Å². The maximum Gasteiger partial charge on any atom is 0.223 e. The van der Waals surface area contributed by atoms with E-state index >= 15 is 0 Å². The Labute approximate surface area is 82.6 Å². The van der Waals surface area contributed by atoms with Crippen molar-refractivity contribution in [3.63, 3.8) is 0 Å². The van der Waals surface area contributed by atoms with E-state index in [1.807, 2.05) is 0 Å². The minimum Gasteiger partial charge on any atom is -0.353 e. The molecule has 1 saturated carbocycles. The fourth-order valence-corrected chi connectivity index (χ4v) is 1.37. The van der Waals surface area contributed by atoms with Crippen LogP contribution in [0.4, 0.5) is 0 Å². The highest BCUT2D eigenvalue weighted by molar-refractivity contribution is 6.44. The van der Waals surface area contributed by atoms with Crippen LogP contribution in [0.25, 0.3) is 0 Å². The van der Waals surface area contributed by atoms with Gasteiger partial charge in [0.25, 0.3) is 0 Å². The average Bonchev–Trinajstić information content (AvgIpc) is 2.55. The third kappa shape index (κ3) is 2.53. The number of hydrogen-bond acceptors (Lipinski definition) is 1. The summed E-state index contributed by atoms with van der Waals surface area (Å²) in [5.74, 6) is 0.232. The zero-order valence-corrected chi connectivity index (χ0v) is 8.74. The van der Waals surface area contributed by atoms with E-state index in [0.717, 1.165) is 6.42 Å². The van der Waals surface area contributed by atoms with E-state index in [1.165, 1.54) is 0 Å². The number of hydrogen-bond donors (Lipinski definition) is 1. The lowest BCUT2D eigenvalue weighted by molar-refractivity contribution is -0.122. The Morgan fingerprint density at radius 2 is 2.17 bits per heavy atom. The molecule has 0 radical (unpaired) electrons. The van der Waals surface area contributed by atoms with E-state index in [0.29, 0.717) is 6.54 Å². The summed E-state index contributed by atoms with van der Waals surface area (Å²) >= 11 is 10.9. The standard InChI is InChI=1S/C8H13Cl2NO/c1-8(2)3-5(8)7(12)11-4-6(9)10/h5-6H,3-4H2,1-2H3,(H,11,12). The lowest BCUT2D eigenvalue weighted by atomic mass is 10.1. The molecular weight excluding hydrogens is 197 g/mol. The Hall–Kier alpha value is 0.0500. The Bertz CT molecular complexity index is 191. The van der Waals surface area contributed by atoms with Gasteiger partial charge in [-0.3, -0.25) is 4.79 Å². The molecular formula is C8H13Cl2NO. The van der Waals surface area contributed by atoms with Crippen LogP contribution in [0.15, 0.2) is 0 Å². The molecule has 0 heterocycles. The summed E-state index contributed by atoms with van der Waals surface area (Å²) in [7, 11) is 0. The number of rotatable bonds is 3. The van der Waals surface area contributed by atoms with Crippen molar-refractivity contribution >= 4 is 29.1 Å². The van der Waals surface area contributed by atoms with Crippen molar-refractivity contribution < 1.29 is 4.79 Å². The maximum atomic E-state index is 11.3. The molecule has 0 aromatic rings. The van der Waals surface area contributed by atoms with Crippen molar-refractivity contribution in [2.45, 2.75) is 25.1 Å². The molecule has 0 bridgehead atoms. The van der Waals surface area contributed by atoms with E-state index in [4.69, 9.17) is 23.2 Å². The van der Waals surface area contributed by atoms with Crippen LogP contribution in [0, 0.1) is 11.3 Å². The van der Waals surface area contributed by atoms with Crippen LogP contribution in [-0.2, 0) is 4.79 Å². The fraction of sp³-hybridized carbons (Fsp3) is 0.875. The summed E-state index contributed by atoms with van der Waals surface area (Å²) in [6.45, 7) is 4.50. The third-order valence-electron chi connectivity index (χ3n) is 2.26. The smallest absolute Gasteiger partial charge is 0.223 e. The molecule has 0 saturated heterocycles. The largest absolute Gasteiger partial charge is 0.353 e. The highest BCUT2D eigenvalue weighted by Crippen LogP contribution is 2.51. The fourth-order valence-electron chi connectivity index (χ4n) is 1.22. The molecule has 1 unspecified atom stereocenters. The van der Waals surface area contributed by atoms with Crippen molar-refractivity contribution in [2.75, 3.05) is 6.54 Å². The van der Waals surface area contributed by atoms with Gasteiger partial charge in [-0.1, -0.05) is 13.8 Å². The zero-order valence-electron chi connectivity index (χ0n) is 7.23. The summed E-state index contributed by atoms with van der Waals surface area (Å²) in [4.78, 5) is 10.8. The summed E-state index contributed by atoms with van der Waals surface area (Å²) in [5, 5.41) is 2.70. The molecule has 0 aromatic heterocycles. The highest BCUT2D eigenvalue weighted by Gasteiger charge is 2.50. The molecule has 0 aromatic carbocycles. The Kier molecular flexibility index (Phi) is 2.89. The van der Waals surface area contributed by atoms with E-state index in [-0.39, 0.29) is 17.2 Å². The van der Waals surface area contributed by atoms with Crippen molar-refractivity contribution in [2.24, 2.45) is 11.3 Å². The first-order valence-corrected chi connectivity index (χ1v) is 4.86. The van der Waals surface area contributed by atoms with Gasteiger partial charge in [-0.25, -0.2) is 0 Å². The lowest BCUT2D eigenvalue weighted by Crippen LogP contribution is -2.30. The van der Waals surface area contributed by atoms with Crippen LogP contribution >= 0.6 is 23.2 Å². The van der Waals surface area contributed by atoms with Gasteiger partial charge in [0, 0.05) is 12.5 Å². The predicted octanol–water partition coefficient (Wildman–Crippen LogP) is 1.95. The monoisotopic (exact) mass is 209 g/mol. The second-order valence-corrected chi connectivity index (χ2v) is 5.16. The summed E-state index contributed by atoms with van der Waals surface area (Å²) in [6.07, 6.45) is 0.966. The number of carbonyl (C=O) groups excluding carboxylic acids is 1. The van der Waals surface area contributed by atoms with Crippen molar-refractivity contribution in [1.82, 2.24) is 5.32 Å². The summed E-state index contributed by atoms with van der Waals surface area (Å²) in [6, 6.07) is 0. The third-order valence-corrected chi connectivity index (χ3v) is 2.57.